The molecule has 0 radical (unpaired) electrons. The summed E-state index contributed by atoms with van der Waals surface area (Å²) in [5.74, 6) is 1.14. The zero-order chi connectivity index (χ0) is 33.8. The second kappa shape index (κ2) is 11.7. The van der Waals surface area contributed by atoms with Gasteiger partial charge in [0.05, 0.1) is 39.5 Å². The normalized spacial score (nSPS) is 22.7. The topological polar surface area (TPSA) is 184 Å². The molecule has 0 saturated carbocycles. The third-order valence-corrected chi connectivity index (χ3v) is 10.3. The largest absolute Gasteiger partial charge is 0.497 e. The molecule has 2 aromatic heterocycles. The number of rotatable bonds is 10. The fraction of sp³-hybridized carbons (Fsp3) is 0.303. The summed E-state index contributed by atoms with van der Waals surface area (Å²) < 4.78 is 53.5. The summed E-state index contributed by atoms with van der Waals surface area (Å²) in [6.45, 7) is -0.435. The Morgan fingerprint density at radius 3 is 2.15 bits per heavy atom. The molecule has 4 N–H and O–H groups in total. The Morgan fingerprint density at radius 2 is 1.58 bits per heavy atom. The van der Waals surface area contributed by atoms with Crippen molar-refractivity contribution >= 4 is 27.1 Å². The van der Waals surface area contributed by atoms with Gasteiger partial charge in [-0.3, -0.25) is 14.3 Å². The van der Waals surface area contributed by atoms with Crippen LogP contribution in [0.15, 0.2) is 90.0 Å². The van der Waals surface area contributed by atoms with Gasteiger partial charge < -0.3 is 29.8 Å². The van der Waals surface area contributed by atoms with Crippen LogP contribution in [0.5, 0.6) is 11.5 Å². The maximum atomic E-state index is 13.2. The lowest BCUT2D eigenvalue weighted by Gasteiger charge is -2.41. The maximum absolute atomic E-state index is 13.2. The van der Waals surface area contributed by atoms with Crippen molar-refractivity contribution in [3.05, 3.63) is 112 Å². The van der Waals surface area contributed by atoms with Gasteiger partial charge in [-0.1, -0.05) is 54.6 Å². The summed E-state index contributed by atoms with van der Waals surface area (Å²) in [5, 5.41) is 11.9. The van der Waals surface area contributed by atoms with E-state index in [-0.39, 0.29) is 30.3 Å². The minimum Gasteiger partial charge on any atom is -0.497 e. The van der Waals surface area contributed by atoms with Crippen LogP contribution in [0.3, 0.4) is 0 Å². The highest BCUT2D eigenvalue weighted by molar-refractivity contribution is 7.88. The molecule has 3 aromatic carbocycles. The zero-order valence-electron chi connectivity index (χ0n) is 26.3. The van der Waals surface area contributed by atoms with E-state index in [9.17, 15) is 18.3 Å². The second-order valence-electron chi connectivity index (χ2n) is 11.9. The van der Waals surface area contributed by atoms with Crippen LogP contribution in [0.2, 0.25) is 0 Å². The second-order valence-corrected chi connectivity index (χ2v) is 13.8. The monoisotopic (exact) mass is 674 g/mol. The van der Waals surface area contributed by atoms with E-state index in [1.54, 1.807) is 14.2 Å². The van der Waals surface area contributed by atoms with Crippen LogP contribution < -0.4 is 20.8 Å². The van der Waals surface area contributed by atoms with Crippen LogP contribution in [0.25, 0.3) is 11.2 Å². The number of methoxy groups -OCH3 is 2. The number of imidazole rings is 1. The van der Waals surface area contributed by atoms with Crippen molar-refractivity contribution in [2.75, 3.05) is 39.4 Å². The van der Waals surface area contributed by atoms with E-state index >= 15 is 0 Å². The third-order valence-electron chi connectivity index (χ3n) is 9.12. The molecule has 2 aliphatic rings. The molecule has 48 heavy (non-hydrogen) atoms. The van der Waals surface area contributed by atoms with Crippen LogP contribution in [0, 0.1) is 0 Å². The average molecular weight is 675 g/mol. The highest BCUT2D eigenvalue weighted by atomic mass is 32.2. The fourth-order valence-corrected chi connectivity index (χ4v) is 7.92. The molecule has 14 nitrogen and oxygen atoms in total. The Morgan fingerprint density at radius 1 is 1.00 bits per heavy atom. The van der Waals surface area contributed by atoms with E-state index in [4.69, 9.17) is 24.7 Å². The Balaban J connectivity index is 1.36. The summed E-state index contributed by atoms with van der Waals surface area (Å²) in [7, 11) is -0.691. The number of sulfonamides is 1. The van der Waals surface area contributed by atoms with E-state index in [1.165, 1.54) is 15.2 Å². The van der Waals surface area contributed by atoms with Crippen molar-refractivity contribution in [3.8, 4) is 11.5 Å². The van der Waals surface area contributed by atoms with E-state index in [0.29, 0.717) is 11.5 Å². The van der Waals surface area contributed by atoms with Crippen LogP contribution in [-0.4, -0.2) is 88.7 Å². The van der Waals surface area contributed by atoms with Gasteiger partial charge in [0.25, 0.3) is 5.56 Å². The van der Waals surface area contributed by atoms with Gasteiger partial charge in [-0.2, -0.15) is 9.29 Å². The number of aliphatic hydroxyl groups excluding tert-OH is 1. The molecule has 5 aromatic rings. The summed E-state index contributed by atoms with van der Waals surface area (Å²) >= 11 is 0. The average Bonchev–Trinajstić information content (AvgIpc) is 3.73. The van der Waals surface area contributed by atoms with Crippen molar-refractivity contribution < 1.29 is 32.5 Å². The maximum Gasteiger partial charge on any atom is 0.280 e. The predicted octanol–water partition coefficient (Wildman–Crippen LogP) is 2.00. The van der Waals surface area contributed by atoms with Crippen molar-refractivity contribution in [1.29, 1.82) is 0 Å². The van der Waals surface area contributed by atoms with Gasteiger partial charge in [0.1, 0.15) is 28.8 Å². The fourth-order valence-electron chi connectivity index (χ4n) is 6.81. The first-order chi connectivity index (χ1) is 23.0. The number of nitrogens with one attached hydrogen (secondary N) is 1. The minimum absolute atomic E-state index is 0.0108. The standard InChI is InChI=1S/C33H34N6O8S/c1-44-23-13-9-21(10-14-23)33(20-7-5-4-6-8-20,22-11-15-24(45-2)16-12-22)46-18-32-17-39(48(3,42)43)26(27(32)40)30(47-32)38-19-35-25-28(38)36-31(34)37-29(25)41/h4-16,19,26-27,30,40H,17-18H2,1-3H3,(H3,34,36,37,41)/t26-,27+,30-,32-/m1/s1. The predicted molar refractivity (Wildman–Crippen MR) is 175 cm³/mol. The molecule has 0 spiro atoms. The number of benzene rings is 3. The zero-order valence-corrected chi connectivity index (χ0v) is 27.1. The summed E-state index contributed by atoms with van der Waals surface area (Å²) in [4.78, 5) is 23.4. The smallest absolute Gasteiger partial charge is 0.280 e. The molecule has 0 amide bonds. The number of nitrogens with zero attached hydrogens (tertiary/aromatic N) is 4. The first-order valence-corrected chi connectivity index (χ1v) is 16.9. The van der Waals surface area contributed by atoms with Crippen molar-refractivity contribution in [3.63, 3.8) is 0 Å². The number of ether oxygens (including phenoxy) is 4. The number of nitrogen functional groups attached to an aromatic ring is 1. The minimum atomic E-state index is -3.86. The van der Waals surface area contributed by atoms with Gasteiger partial charge in [0.2, 0.25) is 16.0 Å². The molecular formula is C33H34N6O8S. The van der Waals surface area contributed by atoms with Gasteiger partial charge in [-0.15, -0.1) is 0 Å². The number of fused-ring (bicyclic) bond motifs is 3. The van der Waals surface area contributed by atoms with E-state index in [2.05, 4.69) is 15.0 Å². The van der Waals surface area contributed by atoms with Crippen molar-refractivity contribution in [2.24, 2.45) is 0 Å². The number of H-pyrrole nitrogens is 1. The van der Waals surface area contributed by atoms with E-state index in [0.717, 1.165) is 22.9 Å². The van der Waals surface area contributed by atoms with E-state index < -0.39 is 45.2 Å². The molecule has 0 aliphatic carbocycles. The van der Waals surface area contributed by atoms with Gasteiger partial charge in [0.15, 0.2) is 17.4 Å². The third kappa shape index (κ3) is 5.02. The van der Waals surface area contributed by atoms with Gasteiger partial charge in [-0.05, 0) is 41.0 Å². The molecule has 2 bridgehead atoms. The van der Waals surface area contributed by atoms with Crippen molar-refractivity contribution in [1.82, 2.24) is 23.8 Å². The molecule has 2 saturated heterocycles. The van der Waals surface area contributed by atoms with Crippen LogP contribution in [0.1, 0.15) is 22.9 Å². The number of hydrogen-bond donors (Lipinski definition) is 3. The summed E-state index contributed by atoms with van der Waals surface area (Å²) in [5.41, 5.74) is 4.80. The van der Waals surface area contributed by atoms with Crippen LogP contribution in [-0.2, 0) is 25.1 Å². The molecule has 2 aliphatic heterocycles. The quantitative estimate of drug-likeness (QED) is 0.184. The van der Waals surface area contributed by atoms with E-state index in [1.807, 2.05) is 78.9 Å². The number of aromatic amines is 1. The number of hydrogen-bond acceptors (Lipinski definition) is 11. The number of anilines is 1. The van der Waals surface area contributed by atoms with Crippen LogP contribution >= 0.6 is 0 Å². The van der Waals surface area contributed by atoms with Crippen molar-refractivity contribution in [2.45, 2.75) is 29.6 Å². The molecule has 2 fully saturated rings. The number of aromatic nitrogens is 4. The lowest BCUT2D eigenvalue weighted by atomic mass is 9.79. The molecule has 15 heteroatoms. The Hall–Kier alpha value is -4.80. The van der Waals surface area contributed by atoms with Crippen LogP contribution in [0.4, 0.5) is 5.95 Å². The molecular weight excluding hydrogens is 640 g/mol. The van der Waals surface area contributed by atoms with Gasteiger partial charge in [0, 0.05) is 6.54 Å². The Labute approximate surface area is 275 Å². The Bertz CT molecular complexity index is 2070. The molecule has 250 valence electrons. The lowest BCUT2D eigenvalue weighted by molar-refractivity contribution is -0.169. The molecule has 4 heterocycles. The van der Waals surface area contributed by atoms with Gasteiger partial charge >= 0.3 is 0 Å². The highest BCUT2D eigenvalue weighted by Crippen LogP contribution is 2.50. The first-order valence-electron chi connectivity index (χ1n) is 15.0. The first kappa shape index (κ1) is 31.8. The molecule has 0 unspecified atom stereocenters. The summed E-state index contributed by atoms with van der Waals surface area (Å²) in [6, 6.07) is 23.4. The molecule has 4 atom stereocenters. The number of morpholine rings is 1. The Kier molecular flexibility index (Phi) is 7.76. The lowest BCUT2D eigenvalue weighted by Crippen LogP contribution is -2.51. The molecule has 7 rings (SSSR count). The summed E-state index contributed by atoms with van der Waals surface area (Å²) in [6.07, 6.45) is -0.0576. The SMILES string of the molecule is COc1ccc(C(OC[C@@]23CN(S(C)(=O)=O)[C@@H]([C@H](n4cnc5c(=O)[nH]c(N)nc54)O2)[C@@H]3O)(c2ccccc2)c2ccc(OC)cc2)cc1. The number of aliphatic hydroxyl groups is 1. The van der Waals surface area contributed by atoms with Gasteiger partial charge in [-0.25, -0.2) is 13.4 Å². The highest BCUT2D eigenvalue weighted by Gasteiger charge is 2.67. The number of nitrogens with two attached hydrogens (primary N) is 1.